The lowest BCUT2D eigenvalue weighted by atomic mass is 10.2. The summed E-state index contributed by atoms with van der Waals surface area (Å²) in [5.41, 5.74) is 1.53. The Kier molecular flexibility index (Phi) is 7.25. The molecule has 0 saturated carbocycles. The molecule has 2 heterocycles. The largest absolute Gasteiger partial charge is 0.491 e. The summed E-state index contributed by atoms with van der Waals surface area (Å²) in [6.07, 6.45) is -3.65. The van der Waals surface area contributed by atoms with Gasteiger partial charge in [0.15, 0.2) is 23.3 Å². The van der Waals surface area contributed by atoms with E-state index in [1.54, 1.807) is 30.5 Å². The van der Waals surface area contributed by atoms with Gasteiger partial charge in [0.2, 0.25) is 0 Å². The SMILES string of the molecule is Cc1csc(Nc2ncccc2OCc2cccc(OCC(=O)OC(=O)C(F)(F)F)c2)n1. The number of rotatable bonds is 8. The van der Waals surface area contributed by atoms with Gasteiger partial charge in [-0.15, -0.1) is 11.3 Å². The predicted octanol–water partition coefficient (Wildman–Crippen LogP) is 4.18. The Balaban J connectivity index is 1.56. The van der Waals surface area contributed by atoms with Crippen molar-refractivity contribution in [2.45, 2.75) is 19.7 Å². The molecule has 0 bridgehead atoms. The van der Waals surface area contributed by atoms with Crippen molar-refractivity contribution >= 4 is 34.2 Å². The maximum Gasteiger partial charge on any atom is 0.491 e. The first-order valence-corrected chi connectivity index (χ1v) is 9.89. The smallest absolute Gasteiger partial charge is 0.485 e. The van der Waals surface area contributed by atoms with Gasteiger partial charge in [-0.05, 0) is 36.8 Å². The van der Waals surface area contributed by atoms with E-state index in [4.69, 9.17) is 9.47 Å². The predicted molar refractivity (Wildman–Crippen MR) is 108 cm³/mol. The number of carbonyl (C=O) groups is 2. The second kappa shape index (κ2) is 10.1. The first-order valence-electron chi connectivity index (χ1n) is 9.01. The van der Waals surface area contributed by atoms with Gasteiger partial charge >= 0.3 is 18.1 Å². The normalized spacial score (nSPS) is 11.0. The number of pyridine rings is 1. The van der Waals surface area contributed by atoms with Crippen LogP contribution in [0.3, 0.4) is 0 Å². The fourth-order valence-electron chi connectivity index (χ4n) is 2.33. The van der Waals surface area contributed by atoms with Crippen LogP contribution in [0, 0.1) is 6.92 Å². The molecule has 0 fully saturated rings. The average Bonchev–Trinajstić information content (AvgIpc) is 3.16. The number of nitrogens with zero attached hydrogens (tertiary/aromatic N) is 2. The molecule has 0 amide bonds. The van der Waals surface area contributed by atoms with Crippen LogP contribution in [-0.4, -0.2) is 34.7 Å². The average molecular weight is 467 g/mol. The number of ether oxygens (including phenoxy) is 3. The van der Waals surface area contributed by atoms with Crippen molar-refractivity contribution in [3.8, 4) is 11.5 Å². The Bertz CT molecular complexity index is 1100. The molecule has 12 heteroatoms. The molecule has 2 aromatic heterocycles. The molecule has 168 valence electrons. The minimum atomic E-state index is -5.26. The Labute approximate surface area is 184 Å². The van der Waals surface area contributed by atoms with Crippen LogP contribution in [0.4, 0.5) is 24.1 Å². The van der Waals surface area contributed by atoms with Gasteiger partial charge in [-0.2, -0.15) is 13.2 Å². The highest BCUT2D eigenvalue weighted by atomic mass is 32.1. The maximum atomic E-state index is 12.1. The second-order valence-corrected chi connectivity index (χ2v) is 7.11. The van der Waals surface area contributed by atoms with Crippen LogP contribution >= 0.6 is 11.3 Å². The number of anilines is 2. The summed E-state index contributed by atoms with van der Waals surface area (Å²) >= 11 is 1.43. The summed E-state index contributed by atoms with van der Waals surface area (Å²) in [7, 11) is 0. The van der Waals surface area contributed by atoms with Crippen LogP contribution in [0.2, 0.25) is 0 Å². The van der Waals surface area contributed by atoms with E-state index >= 15 is 0 Å². The molecule has 8 nitrogen and oxygen atoms in total. The van der Waals surface area contributed by atoms with Gasteiger partial charge in [0.25, 0.3) is 0 Å². The number of carbonyl (C=O) groups excluding carboxylic acids is 2. The molecule has 0 spiro atoms. The molecule has 0 radical (unpaired) electrons. The van der Waals surface area contributed by atoms with E-state index in [-0.39, 0.29) is 12.4 Å². The van der Waals surface area contributed by atoms with Crippen molar-refractivity contribution in [1.82, 2.24) is 9.97 Å². The molecule has 1 aromatic carbocycles. The molecule has 32 heavy (non-hydrogen) atoms. The number of nitrogens with one attached hydrogen (secondary N) is 1. The summed E-state index contributed by atoms with van der Waals surface area (Å²) in [4.78, 5) is 30.6. The minimum absolute atomic E-state index is 0.117. The molecule has 0 aliphatic heterocycles. The number of thiazole rings is 1. The summed E-state index contributed by atoms with van der Waals surface area (Å²) in [5, 5.41) is 5.65. The van der Waals surface area contributed by atoms with E-state index in [0.717, 1.165) is 5.69 Å². The molecule has 3 aromatic rings. The van der Waals surface area contributed by atoms with Gasteiger partial charge in [-0.3, -0.25) is 0 Å². The van der Waals surface area contributed by atoms with Crippen LogP contribution in [-0.2, 0) is 20.9 Å². The third-order valence-corrected chi connectivity index (χ3v) is 4.58. The Morgan fingerprint density at radius 2 is 1.97 bits per heavy atom. The van der Waals surface area contributed by atoms with Crippen LogP contribution in [0.1, 0.15) is 11.3 Å². The van der Waals surface area contributed by atoms with Crippen LogP contribution in [0.15, 0.2) is 48.0 Å². The molecular formula is C20H16F3N3O5S. The molecule has 0 atom stereocenters. The summed E-state index contributed by atoms with van der Waals surface area (Å²) in [5.74, 6) is -2.92. The highest BCUT2D eigenvalue weighted by Crippen LogP contribution is 2.27. The maximum absolute atomic E-state index is 12.1. The Hall–Kier alpha value is -3.67. The number of alkyl halides is 3. The van der Waals surface area contributed by atoms with Crippen molar-refractivity contribution in [3.63, 3.8) is 0 Å². The van der Waals surface area contributed by atoms with Gasteiger partial charge in [-0.1, -0.05) is 12.1 Å². The topological polar surface area (TPSA) is 99.6 Å². The molecule has 0 saturated heterocycles. The Morgan fingerprint density at radius 3 is 2.69 bits per heavy atom. The minimum Gasteiger partial charge on any atom is -0.485 e. The number of halogens is 3. The van der Waals surface area contributed by atoms with E-state index in [9.17, 15) is 22.8 Å². The second-order valence-electron chi connectivity index (χ2n) is 6.25. The zero-order chi connectivity index (χ0) is 23.1. The first kappa shape index (κ1) is 23.0. The summed E-state index contributed by atoms with van der Waals surface area (Å²) in [6.45, 7) is 1.13. The fourth-order valence-corrected chi connectivity index (χ4v) is 3.02. The van der Waals surface area contributed by atoms with E-state index in [0.29, 0.717) is 22.3 Å². The summed E-state index contributed by atoms with van der Waals surface area (Å²) < 4.78 is 50.9. The monoisotopic (exact) mass is 467 g/mol. The molecule has 0 aliphatic carbocycles. The number of esters is 2. The quantitative estimate of drug-likeness (QED) is 0.389. The van der Waals surface area contributed by atoms with E-state index < -0.39 is 24.7 Å². The van der Waals surface area contributed by atoms with Gasteiger partial charge < -0.3 is 19.5 Å². The van der Waals surface area contributed by atoms with Gasteiger partial charge in [0, 0.05) is 11.6 Å². The highest BCUT2D eigenvalue weighted by Gasteiger charge is 2.42. The van der Waals surface area contributed by atoms with Gasteiger partial charge in [-0.25, -0.2) is 19.6 Å². The van der Waals surface area contributed by atoms with Crippen LogP contribution in [0.5, 0.6) is 11.5 Å². The molecular weight excluding hydrogens is 451 g/mol. The lowest BCUT2D eigenvalue weighted by Crippen LogP contribution is -2.30. The van der Waals surface area contributed by atoms with Crippen LogP contribution in [0.25, 0.3) is 0 Å². The molecule has 3 rings (SSSR count). The van der Waals surface area contributed by atoms with Crippen molar-refractivity contribution < 1.29 is 37.0 Å². The van der Waals surface area contributed by atoms with Crippen LogP contribution < -0.4 is 14.8 Å². The number of aryl methyl sites for hydroxylation is 1. The zero-order valence-corrected chi connectivity index (χ0v) is 17.3. The van der Waals surface area contributed by atoms with Gasteiger partial charge in [0.1, 0.15) is 12.4 Å². The van der Waals surface area contributed by atoms with Crippen molar-refractivity contribution in [1.29, 1.82) is 0 Å². The number of hydrogen-bond donors (Lipinski definition) is 1. The third-order valence-electron chi connectivity index (χ3n) is 3.70. The van der Waals surface area contributed by atoms with E-state index in [1.165, 1.54) is 23.5 Å². The third kappa shape index (κ3) is 6.67. The highest BCUT2D eigenvalue weighted by molar-refractivity contribution is 7.13. The number of benzene rings is 1. The Morgan fingerprint density at radius 1 is 1.16 bits per heavy atom. The van der Waals surface area contributed by atoms with Gasteiger partial charge in [0.05, 0.1) is 5.69 Å². The zero-order valence-electron chi connectivity index (χ0n) is 16.5. The molecule has 0 unspecified atom stereocenters. The summed E-state index contributed by atoms with van der Waals surface area (Å²) in [6, 6.07) is 9.80. The lowest BCUT2D eigenvalue weighted by Gasteiger charge is -2.12. The lowest BCUT2D eigenvalue weighted by molar-refractivity contribution is -0.202. The molecule has 1 N–H and O–H groups in total. The standard InChI is InChI=1S/C20H16F3N3O5S/c1-12-11-32-19(25-12)26-17-15(6-3-7-24-17)30-9-13-4-2-5-14(8-13)29-10-16(27)31-18(28)20(21,22)23/h2-8,11H,9-10H2,1H3,(H,24,25,26). The van der Waals surface area contributed by atoms with E-state index in [2.05, 4.69) is 20.0 Å². The fraction of sp³-hybridized carbons (Fsp3) is 0.200. The van der Waals surface area contributed by atoms with Crippen molar-refractivity contribution in [3.05, 3.63) is 59.2 Å². The first-order chi connectivity index (χ1) is 15.2. The molecule has 0 aliphatic rings. The van der Waals surface area contributed by atoms with E-state index in [1.807, 2.05) is 12.3 Å². The van der Waals surface area contributed by atoms with Crippen molar-refractivity contribution in [2.75, 3.05) is 11.9 Å². The number of aromatic nitrogens is 2. The van der Waals surface area contributed by atoms with Crippen molar-refractivity contribution in [2.24, 2.45) is 0 Å². The number of hydrogen-bond acceptors (Lipinski definition) is 9.